The lowest BCUT2D eigenvalue weighted by Crippen LogP contribution is -2.00. The number of halogens is 1. The molecule has 0 saturated heterocycles. The lowest BCUT2D eigenvalue weighted by atomic mass is 10.2. The van der Waals surface area contributed by atoms with Crippen LogP contribution in [-0.4, -0.2) is 7.11 Å². The van der Waals surface area contributed by atoms with E-state index in [0.29, 0.717) is 17.1 Å². The molecule has 2 rings (SSSR count). The molecule has 0 aromatic heterocycles. The minimum absolute atomic E-state index is 0.121. The SMILES string of the molecule is COc1cc(/C=C/C#N)ccc1OCc1ccccc1F. The zero-order valence-corrected chi connectivity index (χ0v) is 11.5. The fourth-order valence-corrected chi connectivity index (χ4v) is 1.81. The quantitative estimate of drug-likeness (QED) is 0.780. The van der Waals surface area contributed by atoms with Gasteiger partial charge in [-0.1, -0.05) is 24.3 Å². The van der Waals surface area contributed by atoms with Crippen molar-refractivity contribution in [3.63, 3.8) is 0 Å². The number of hydrogen-bond acceptors (Lipinski definition) is 3. The molecule has 0 heterocycles. The van der Waals surface area contributed by atoms with Crippen molar-refractivity contribution in [1.29, 1.82) is 5.26 Å². The van der Waals surface area contributed by atoms with Crippen LogP contribution in [0.2, 0.25) is 0 Å². The van der Waals surface area contributed by atoms with E-state index in [2.05, 4.69) is 0 Å². The van der Waals surface area contributed by atoms with Crippen LogP contribution < -0.4 is 9.47 Å². The fourth-order valence-electron chi connectivity index (χ4n) is 1.81. The third kappa shape index (κ3) is 3.83. The lowest BCUT2D eigenvalue weighted by molar-refractivity contribution is 0.279. The normalized spacial score (nSPS) is 10.3. The van der Waals surface area contributed by atoms with E-state index >= 15 is 0 Å². The summed E-state index contributed by atoms with van der Waals surface area (Å²) in [6.45, 7) is 0.121. The van der Waals surface area contributed by atoms with E-state index in [1.807, 2.05) is 6.07 Å². The first-order valence-electron chi connectivity index (χ1n) is 6.35. The molecule has 0 radical (unpaired) electrons. The van der Waals surface area contributed by atoms with Gasteiger partial charge in [-0.05, 0) is 29.8 Å². The first-order valence-corrected chi connectivity index (χ1v) is 6.35. The van der Waals surface area contributed by atoms with Gasteiger partial charge in [-0.25, -0.2) is 4.39 Å². The van der Waals surface area contributed by atoms with Crippen molar-refractivity contribution in [3.8, 4) is 17.6 Å². The summed E-state index contributed by atoms with van der Waals surface area (Å²) in [6.07, 6.45) is 3.05. The van der Waals surface area contributed by atoms with Gasteiger partial charge in [0.2, 0.25) is 0 Å². The zero-order valence-electron chi connectivity index (χ0n) is 11.5. The minimum Gasteiger partial charge on any atom is -0.493 e. The van der Waals surface area contributed by atoms with Crippen molar-refractivity contribution in [1.82, 2.24) is 0 Å². The average Bonchev–Trinajstić information content (AvgIpc) is 2.52. The highest BCUT2D eigenvalue weighted by Gasteiger charge is 2.07. The fraction of sp³-hybridized carbons (Fsp3) is 0.118. The maximum Gasteiger partial charge on any atom is 0.161 e. The molecule has 0 spiro atoms. The van der Waals surface area contributed by atoms with Gasteiger partial charge in [0.15, 0.2) is 11.5 Å². The molecular weight excluding hydrogens is 269 g/mol. The van der Waals surface area contributed by atoms with Gasteiger partial charge < -0.3 is 9.47 Å². The van der Waals surface area contributed by atoms with Crippen LogP contribution in [0.15, 0.2) is 48.5 Å². The highest BCUT2D eigenvalue weighted by molar-refractivity contribution is 5.57. The summed E-state index contributed by atoms with van der Waals surface area (Å²) < 4.78 is 24.4. The van der Waals surface area contributed by atoms with Gasteiger partial charge in [-0.2, -0.15) is 5.26 Å². The summed E-state index contributed by atoms with van der Waals surface area (Å²) in [4.78, 5) is 0. The van der Waals surface area contributed by atoms with E-state index in [4.69, 9.17) is 14.7 Å². The molecule has 2 aromatic rings. The first kappa shape index (κ1) is 14.6. The molecule has 2 aromatic carbocycles. The summed E-state index contributed by atoms with van der Waals surface area (Å²) in [6, 6.07) is 13.7. The number of ether oxygens (including phenoxy) is 2. The summed E-state index contributed by atoms with van der Waals surface area (Å²) in [5.74, 6) is 0.756. The number of nitrogens with zero attached hydrogens (tertiary/aromatic N) is 1. The number of nitriles is 1. The minimum atomic E-state index is -0.301. The highest BCUT2D eigenvalue weighted by atomic mass is 19.1. The molecule has 0 aliphatic heterocycles. The van der Waals surface area contributed by atoms with Gasteiger partial charge in [0.05, 0.1) is 13.2 Å². The van der Waals surface area contributed by atoms with Crippen LogP contribution >= 0.6 is 0 Å². The Labute approximate surface area is 122 Å². The van der Waals surface area contributed by atoms with Gasteiger partial charge in [0, 0.05) is 11.6 Å². The largest absolute Gasteiger partial charge is 0.493 e. The number of allylic oxidation sites excluding steroid dienone is 1. The predicted octanol–water partition coefficient (Wildman–Crippen LogP) is 3.95. The Balaban J connectivity index is 2.15. The predicted molar refractivity (Wildman–Crippen MR) is 78.4 cm³/mol. The molecule has 21 heavy (non-hydrogen) atoms. The van der Waals surface area contributed by atoms with Gasteiger partial charge in [0.1, 0.15) is 12.4 Å². The Morgan fingerprint density at radius 2 is 2.00 bits per heavy atom. The van der Waals surface area contributed by atoms with Crippen molar-refractivity contribution in [2.75, 3.05) is 7.11 Å². The molecule has 106 valence electrons. The molecule has 0 aliphatic rings. The Kier molecular flexibility index (Phi) is 4.94. The Morgan fingerprint density at radius 1 is 1.19 bits per heavy atom. The van der Waals surface area contributed by atoms with Crippen LogP contribution in [-0.2, 0) is 6.61 Å². The van der Waals surface area contributed by atoms with Gasteiger partial charge in [0.25, 0.3) is 0 Å². The molecule has 4 heteroatoms. The van der Waals surface area contributed by atoms with Crippen molar-refractivity contribution < 1.29 is 13.9 Å². The van der Waals surface area contributed by atoms with Crippen LogP contribution in [0, 0.1) is 17.1 Å². The summed E-state index contributed by atoms with van der Waals surface area (Å²) in [5, 5.41) is 8.52. The van der Waals surface area contributed by atoms with E-state index < -0.39 is 0 Å². The molecule has 0 amide bonds. The zero-order chi connectivity index (χ0) is 15.1. The van der Waals surface area contributed by atoms with E-state index in [1.165, 1.54) is 19.3 Å². The highest BCUT2D eigenvalue weighted by Crippen LogP contribution is 2.29. The number of rotatable bonds is 5. The topological polar surface area (TPSA) is 42.2 Å². The third-order valence-corrected chi connectivity index (χ3v) is 2.88. The van der Waals surface area contributed by atoms with E-state index in [9.17, 15) is 4.39 Å². The summed E-state index contributed by atoms with van der Waals surface area (Å²) in [7, 11) is 1.53. The first-order chi connectivity index (χ1) is 10.2. The second kappa shape index (κ2) is 7.11. The number of methoxy groups -OCH3 is 1. The molecule has 0 aliphatic carbocycles. The van der Waals surface area contributed by atoms with Crippen LogP contribution in [0.5, 0.6) is 11.5 Å². The molecule has 3 nitrogen and oxygen atoms in total. The van der Waals surface area contributed by atoms with Gasteiger partial charge in [-0.15, -0.1) is 0 Å². The monoisotopic (exact) mass is 283 g/mol. The molecule has 0 atom stereocenters. The van der Waals surface area contributed by atoms with Crippen LogP contribution in [0.4, 0.5) is 4.39 Å². The molecule has 0 unspecified atom stereocenters. The van der Waals surface area contributed by atoms with Gasteiger partial charge >= 0.3 is 0 Å². The Bertz CT molecular complexity index is 689. The Hall–Kier alpha value is -2.80. The van der Waals surface area contributed by atoms with E-state index in [-0.39, 0.29) is 12.4 Å². The third-order valence-electron chi connectivity index (χ3n) is 2.88. The van der Waals surface area contributed by atoms with Crippen LogP contribution in [0.3, 0.4) is 0 Å². The smallest absolute Gasteiger partial charge is 0.161 e. The number of hydrogen-bond donors (Lipinski definition) is 0. The second-order valence-electron chi connectivity index (χ2n) is 4.25. The number of benzene rings is 2. The molecule has 0 fully saturated rings. The molecule has 0 bridgehead atoms. The molecular formula is C17H14FNO2. The maximum atomic E-state index is 13.5. The van der Waals surface area contributed by atoms with Crippen molar-refractivity contribution >= 4 is 6.08 Å². The summed E-state index contributed by atoms with van der Waals surface area (Å²) in [5.41, 5.74) is 1.31. The van der Waals surface area contributed by atoms with E-state index in [1.54, 1.807) is 42.5 Å². The molecule has 0 saturated carbocycles. The lowest BCUT2D eigenvalue weighted by Gasteiger charge is -2.11. The Morgan fingerprint density at radius 3 is 2.71 bits per heavy atom. The summed E-state index contributed by atoms with van der Waals surface area (Å²) >= 11 is 0. The molecule has 0 N–H and O–H groups in total. The van der Waals surface area contributed by atoms with Gasteiger partial charge in [-0.3, -0.25) is 0 Å². The van der Waals surface area contributed by atoms with Crippen molar-refractivity contribution in [2.24, 2.45) is 0 Å². The standard InChI is InChI=1S/C17H14FNO2/c1-20-17-11-13(5-4-10-19)8-9-16(17)21-12-14-6-2-3-7-15(14)18/h2-9,11H,12H2,1H3/b5-4+. The van der Waals surface area contributed by atoms with Crippen LogP contribution in [0.25, 0.3) is 6.08 Å². The van der Waals surface area contributed by atoms with Crippen molar-refractivity contribution in [2.45, 2.75) is 6.61 Å². The van der Waals surface area contributed by atoms with Crippen molar-refractivity contribution in [3.05, 3.63) is 65.5 Å². The second-order valence-corrected chi connectivity index (χ2v) is 4.25. The van der Waals surface area contributed by atoms with Crippen LogP contribution in [0.1, 0.15) is 11.1 Å². The van der Waals surface area contributed by atoms with E-state index in [0.717, 1.165) is 5.56 Å². The maximum absolute atomic E-state index is 13.5. The average molecular weight is 283 g/mol.